The predicted molar refractivity (Wildman–Crippen MR) is 56.4 cm³/mol. The molecule has 0 amide bonds. The Balaban J connectivity index is 1.95. The first-order valence-electron chi connectivity index (χ1n) is 5.10. The van der Waals surface area contributed by atoms with Crippen molar-refractivity contribution in [3.05, 3.63) is 24.0 Å². The molecular formula is C11H13N3O. The number of hydrogen-bond donors (Lipinski definition) is 1. The quantitative estimate of drug-likeness (QED) is 0.809. The van der Waals surface area contributed by atoms with E-state index in [-0.39, 0.29) is 6.10 Å². The molecule has 15 heavy (non-hydrogen) atoms. The van der Waals surface area contributed by atoms with Crippen LogP contribution in [-0.4, -0.2) is 24.2 Å². The summed E-state index contributed by atoms with van der Waals surface area (Å²) in [6, 6.07) is 3.83. The summed E-state index contributed by atoms with van der Waals surface area (Å²) in [5.41, 5.74) is 1.42. The van der Waals surface area contributed by atoms with Crippen LogP contribution in [0.3, 0.4) is 0 Å². The Morgan fingerprint density at radius 1 is 1.67 bits per heavy atom. The lowest BCUT2D eigenvalue weighted by Crippen LogP contribution is -2.18. The third kappa shape index (κ3) is 2.45. The molecule has 0 aromatic carbocycles. The Morgan fingerprint density at radius 3 is 3.33 bits per heavy atom. The second-order valence-corrected chi connectivity index (χ2v) is 3.55. The van der Waals surface area contributed by atoms with Crippen LogP contribution >= 0.6 is 0 Å². The molecule has 0 spiro atoms. The van der Waals surface area contributed by atoms with E-state index in [0.717, 1.165) is 31.7 Å². The SMILES string of the molecule is N#Cc1ccncc1NCC1CCCO1. The summed E-state index contributed by atoms with van der Waals surface area (Å²) in [4.78, 5) is 3.98. The van der Waals surface area contributed by atoms with E-state index in [1.165, 1.54) is 0 Å². The maximum absolute atomic E-state index is 8.86. The molecular weight excluding hydrogens is 190 g/mol. The molecule has 0 radical (unpaired) electrons. The highest BCUT2D eigenvalue weighted by atomic mass is 16.5. The molecule has 1 aromatic rings. The van der Waals surface area contributed by atoms with Gasteiger partial charge in [0.1, 0.15) is 6.07 Å². The number of nitrogens with zero attached hydrogens (tertiary/aromatic N) is 2. The fraction of sp³-hybridized carbons (Fsp3) is 0.455. The molecule has 0 aliphatic carbocycles. The standard InChI is InChI=1S/C11H13N3O/c12-6-9-3-4-13-8-11(9)14-7-10-2-1-5-15-10/h3-4,8,10,14H,1-2,5,7H2. The van der Waals surface area contributed by atoms with E-state index in [1.807, 2.05) is 0 Å². The lowest BCUT2D eigenvalue weighted by atomic mass is 10.2. The monoisotopic (exact) mass is 203 g/mol. The minimum Gasteiger partial charge on any atom is -0.380 e. The van der Waals surface area contributed by atoms with E-state index >= 15 is 0 Å². The van der Waals surface area contributed by atoms with Crippen LogP contribution in [0.15, 0.2) is 18.5 Å². The summed E-state index contributed by atoms with van der Waals surface area (Å²) in [5.74, 6) is 0. The van der Waals surface area contributed by atoms with Gasteiger partial charge in [-0.25, -0.2) is 0 Å². The van der Waals surface area contributed by atoms with Crippen molar-refractivity contribution in [2.24, 2.45) is 0 Å². The van der Waals surface area contributed by atoms with E-state index in [1.54, 1.807) is 18.5 Å². The zero-order valence-corrected chi connectivity index (χ0v) is 8.44. The van der Waals surface area contributed by atoms with Gasteiger partial charge in [-0.1, -0.05) is 0 Å². The molecule has 2 rings (SSSR count). The molecule has 0 bridgehead atoms. The van der Waals surface area contributed by atoms with Gasteiger partial charge in [-0.3, -0.25) is 4.98 Å². The van der Waals surface area contributed by atoms with Gasteiger partial charge in [0.25, 0.3) is 0 Å². The first kappa shape index (κ1) is 9.94. The molecule has 1 fully saturated rings. The van der Waals surface area contributed by atoms with Gasteiger partial charge in [0.05, 0.1) is 23.6 Å². The van der Waals surface area contributed by atoms with Crippen LogP contribution in [-0.2, 0) is 4.74 Å². The van der Waals surface area contributed by atoms with Crippen LogP contribution < -0.4 is 5.32 Å². The summed E-state index contributed by atoms with van der Waals surface area (Å²) in [6.45, 7) is 1.60. The van der Waals surface area contributed by atoms with Gasteiger partial charge < -0.3 is 10.1 Å². The summed E-state index contributed by atoms with van der Waals surface area (Å²) < 4.78 is 5.48. The Morgan fingerprint density at radius 2 is 2.60 bits per heavy atom. The first-order valence-corrected chi connectivity index (χ1v) is 5.10. The smallest absolute Gasteiger partial charge is 0.101 e. The van der Waals surface area contributed by atoms with Gasteiger partial charge in [0, 0.05) is 19.3 Å². The van der Waals surface area contributed by atoms with Gasteiger partial charge in [-0.2, -0.15) is 5.26 Å². The van der Waals surface area contributed by atoms with Crippen molar-refractivity contribution in [2.45, 2.75) is 18.9 Å². The summed E-state index contributed by atoms with van der Waals surface area (Å²) in [5, 5.41) is 12.1. The molecule has 78 valence electrons. The Kier molecular flexibility index (Phi) is 3.15. The van der Waals surface area contributed by atoms with Crippen molar-refractivity contribution in [2.75, 3.05) is 18.5 Å². The molecule has 1 aliphatic rings. The first-order chi connectivity index (χ1) is 7.40. The number of aromatic nitrogens is 1. The van der Waals surface area contributed by atoms with E-state index in [4.69, 9.17) is 10.00 Å². The Bertz CT molecular complexity index is 366. The number of ether oxygens (including phenoxy) is 1. The second-order valence-electron chi connectivity index (χ2n) is 3.55. The van der Waals surface area contributed by atoms with Gasteiger partial charge in [0.15, 0.2) is 0 Å². The van der Waals surface area contributed by atoms with Crippen molar-refractivity contribution in [3.8, 4) is 6.07 Å². The van der Waals surface area contributed by atoms with E-state index in [0.29, 0.717) is 5.56 Å². The Hall–Kier alpha value is -1.60. The van der Waals surface area contributed by atoms with E-state index < -0.39 is 0 Å². The molecule has 1 atom stereocenters. The van der Waals surface area contributed by atoms with E-state index in [9.17, 15) is 0 Å². The average molecular weight is 203 g/mol. The largest absolute Gasteiger partial charge is 0.380 e. The predicted octanol–water partition coefficient (Wildman–Crippen LogP) is 1.54. The van der Waals surface area contributed by atoms with Crippen molar-refractivity contribution in [3.63, 3.8) is 0 Å². The molecule has 1 unspecified atom stereocenters. The second kappa shape index (κ2) is 4.76. The molecule has 1 aromatic heterocycles. The van der Waals surface area contributed by atoms with Crippen LogP contribution in [0.2, 0.25) is 0 Å². The number of pyridine rings is 1. The lowest BCUT2D eigenvalue weighted by Gasteiger charge is -2.12. The highest BCUT2D eigenvalue weighted by Crippen LogP contribution is 2.15. The highest BCUT2D eigenvalue weighted by Gasteiger charge is 2.15. The van der Waals surface area contributed by atoms with Gasteiger partial charge in [-0.05, 0) is 18.9 Å². The number of anilines is 1. The highest BCUT2D eigenvalue weighted by molar-refractivity contribution is 5.55. The van der Waals surface area contributed by atoms with Gasteiger partial charge in [0.2, 0.25) is 0 Å². The minimum absolute atomic E-state index is 0.275. The lowest BCUT2D eigenvalue weighted by molar-refractivity contribution is 0.120. The maximum atomic E-state index is 8.86. The molecule has 1 saturated heterocycles. The summed E-state index contributed by atoms with van der Waals surface area (Å²) in [6.07, 6.45) is 5.79. The topological polar surface area (TPSA) is 57.9 Å². The molecule has 4 nitrogen and oxygen atoms in total. The van der Waals surface area contributed by atoms with Crippen molar-refractivity contribution in [1.29, 1.82) is 5.26 Å². The molecule has 1 aliphatic heterocycles. The third-order valence-electron chi connectivity index (χ3n) is 2.49. The van der Waals surface area contributed by atoms with Gasteiger partial charge in [-0.15, -0.1) is 0 Å². The van der Waals surface area contributed by atoms with Crippen LogP contribution in [0.5, 0.6) is 0 Å². The van der Waals surface area contributed by atoms with Crippen molar-refractivity contribution < 1.29 is 4.74 Å². The summed E-state index contributed by atoms with van der Waals surface area (Å²) >= 11 is 0. The fourth-order valence-corrected chi connectivity index (χ4v) is 1.66. The van der Waals surface area contributed by atoms with Gasteiger partial charge >= 0.3 is 0 Å². The van der Waals surface area contributed by atoms with E-state index in [2.05, 4.69) is 16.4 Å². The number of rotatable bonds is 3. The summed E-state index contributed by atoms with van der Waals surface area (Å²) in [7, 11) is 0. The van der Waals surface area contributed by atoms with Crippen LogP contribution in [0.1, 0.15) is 18.4 Å². The maximum Gasteiger partial charge on any atom is 0.101 e. The number of nitrogens with one attached hydrogen (secondary N) is 1. The number of hydrogen-bond acceptors (Lipinski definition) is 4. The molecule has 2 heterocycles. The Labute approximate surface area is 88.9 Å². The molecule has 1 N–H and O–H groups in total. The zero-order chi connectivity index (χ0) is 10.5. The zero-order valence-electron chi connectivity index (χ0n) is 8.44. The molecule has 4 heteroatoms. The normalized spacial score (nSPS) is 19.8. The van der Waals surface area contributed by atoms with Crippen LogP contribution in [0.4, 0.5) is 5.69 Å². The van der Waals surface area contributed by atoms with Crippen molar-refractivity contribution >= 4 is 5.69 Å². The van der Waals surface area contributed by atoms with Crippen molar-refractivity contribution in [1.82, 2.24) is 4.98 Å². The van der Waals surface area contributed by atoms with Crippen LogP contribution in [0.25, 0.3) is 0 Å². The molecule has 0 saturated carbocycles. The minimum atomic E-state index is 0.275. The fourth-order valence-electron chi connectivity index (χ4n) is 1.66. The van der Waals surface area contributed by atoms with Crippen LogP contribution in [0, 0.1) is 11.3 Å². The average Bonchev–Trinajstić information content (AvgIpc) is 2.79. The third-order valence-corrected chi connectivity index (χ3v) is 2.49. The number of nitriles is 1.